The number of rotatable bonds is 6. The molecule has 5 nitrogen and oxygen atoms in total. The van der Waals surface area contributed by atoms with Crippen LogP contribution in [-0.4, -0.2) is 19.5 Å². The molecule has 0 bridgehead atoms. The molecule has 8 aromatic carbocycles. The van der Waals surface area contributed by atoms with Crippen molar-refractivity contribution in [2.75, 3.05) is 4.90 Å². The zero-order valence-electron chi connectivity index (χ0n) is 32.8. The molecule has 0 fully saturated rings. The molecule has 0 saturated carbocycles. The van der Waals surface area contributed by atoms with Gasteiger partial charge in [0.05, 0.1) is 22.4 Å². The van der Waals surface area contributed by atoms with Gasteiger partial charge >= 0.3 is 0 Å². The highest BCUT2D eigenvalue weighted by Crippen LogP contribution is 2.52. The molecule has 3 heterocycles. The molecular formula is C54H39N5. The van der Waals surface area contributed by atoms with Crippen LogP contribution in [0.15, 0.2) is 200 Å². The number of fused-ring (bicyclic) bond motifs is 5. The number of hydrogen-bond acceptors (Lipinski definition) is 4. The maximum atomic E-state index is 5.19. The highest BCUT2D eigenvalue weighted by molar-refractivity contribution is 6.10. The molecule has 1 aliphatic heterocycles. The lowest BCUT2D eigenvalue weighted by Gasteiger charge is -2.42. The Morgan fingerprint density at radius 1 is 0.373 bits per heavy atom. The van der Waals surface area contributed by atoms with Gasteiger partial charge in [0.2, 0.25) is 5.95 Å². The van der Waals surface area contributed by atoms with Gasteiger partial charge in [-0.15, -0.1) is 0 Å². The van der Waals surface area contributed by atoms with E-state index >= 15 is 0 Å². The van der Waals surface area contributed by atoms with Crippen molar-refractivity contribution >= 4 is 38.9 Å². The molecule has 0 unspecified atom stereocenters. The maximum absolute atomic E-state index is 5.19. The van der Waals surface area contributed by atoms with E-state index in [-0.39, 0.29) is 5.41 Å². The van der Waals surface area contributed by atoms with Gasteiger partial charge in [0.25, 0.3) is 0 Å². The van der Waals surface area contributed by atoms with E-state index in [2.05, 4.69) is 187 Å². The van der Waals surface area contributed by atoms with E-state index < -0.39 is 0 Å². The number of aromatic nitrogens is 4. The van der Waals surface area contributed by atoms with Crippen LogP contribution in [0, 0.1) is 0 Å². The van der Waals surface area contributed by atoms with Crippen molar-refractivity contribution in [1.82, 2.24) is 19.5 Å². The largest absolute Gasteiger partial charge is 0.310 e. The van der Waals surface area contributed by atoms with Crippen LogP contribution in [0.2, 0.25) is 0 Å². The van der Waals surface area contributed by atoms with Crippen molar-refractivity contribution in [2.45, 2.75) is 19.3 Å². The van der Waals surface area contributed by atoms with Crippen molar-refractivity contribution in [3.63, 3.8) is 0 Å². The Morgan fingerprint density at radius 2 is 0.864 bits per heavy atom. The second-order valence-electron chi connectivity index (χ2n) is 15.7. The summed E-state index contributed by atoms with van der Waals surface area (Å²) >= 11 is 0. The Morgan fingerprint density at radius 3 is 1.47 bits per heavy atom. The lowest BCUT2D eigenvalue weighted by atomic mass is 9.73. The second kappa shape index (κ2) is 13.8. The van der Waals surface area contributed by atoms with Gasteiger partial charge in [-0.05, 0) is 75.8 Å². The summed E-state index contributed by atoms with van der Waals surface area (Å²) in [6, 6.07) is 71.0. The van der Waals surface area contributed by atoms with Crippen molar-refractivity contribution in [3.05, 3.63) is 211 Å². The van der Waals surface area contributed by atoms with Crippen LogP contribution in [0.25, 0.3) is 72.8 Å². The van der Waals surface area contributed by atoms with Crippen LogP contribution in [0.5, 0.6) is 0 Å². The average Bonchev–Trinajstić information content (AvgIpc) is 3.63. The molecule has 0 N–H and O–H groups in total. The van der Waals surface area contributed by atoms with Crippen molar-refractivity contribution in [2.24, 2.45) is 0 Å². The van der Waals surface area contributed by atoms with Gasteiger partial charge in [0.1, 0.15) is 0 Å². The minimum absolute atomic E-state index is 0.155. The summed E-state index contributed by atoms with van der Waals surface area (Å²) < 4.78 is 2.20. The lowest BCUT2D eigenvalue weighted by Crippen LogP contribution is -2.30. The fraction of sp³-hybridized carbons (Fsp3) is 0.0556. The molecule has 0 saturated heterocycles. The summed E-state index contributed by atoms with van der Waals surface area (Å²) in [6.45, 7) is 4.67. The van der Waals surface area contributed by atoms with Crippen LogP contribution < -0.4 is 4.90 Å². The lowest BCUT2D eigenvalue weighted by molar-refractivity contribution is 0.632. The van der Waals surface area contributed by atoms with Gasteiger partial charge in [-0.3, -0.25) is 4.57 Å². The smallest absolute Gasteiger partial charge is 0.238 e. The third-order valence-electron chi connectivity index (χ3n) is 11.8. The third kappa shape index (κ3) is 5.81. The van der Waals surface area contributed by atoms with Crippen LogP contribution in [0.3, 0.4) is 0 Å². The minimum atomic E-state index is -0.155. The van der Waals surface area contributed by atoms with Crippen molar-refractivity contribution in [1.29, 1.82) is 0 Å². The van der Waals surface area contributed by atoms with Gasteiger partial charge in [0, 0.05) is 33.0 Å². The van der Waals surface area contributed by atoms with Crippen LogP contribution >= 0.6 is 0 Å². The van der Waals surface area contributed by atoms with E-state index in [1.54, 1.807) is 0 Å². The Balaban J connectivity index is 1.15. The highest BCUT2D eigenvalue weighted by atomic mass is 15.2. The fourth-order valence-electron chi connectivity index (χ4n) is 8.91. The van der Waals surface area contributed by atoms with E-state index in [4.69, 9.17) is 15.0 Å². The number of para-hydroxylation sites is 3. The molecule has 5 heteroatoms. The number of hydrogen-bond donors (Lipinski definition) is 0. The Kier molecular flexibility index (Phi) is 8.09. The first-order valence-corrected chi connectivity index (χ1v) is 20.1. The number of nitrogens with zero attached hydrogens (tertiary/aromatic N) is 5. The Hall–Kier alpha value is -7.63. The van der Waals surface area contributed by atoms with E-state index in [0.29, 0.717) is 17.6 Å². The Labute approximate surface area is 343 Å². The fourth-order valence-corrected chi connectivity index (χ4v) is 8.91. The summed E-state index contributed by atoms with van der Waals surface area (Å²) in [4.78, 5) is 17.8. The maximum Gasteiger partial charge on any atom is 0.238 e. The molecule has 0 amide bonds. The number of anilines is 3. The van der Waals surface area contributed by atoms with Gasteiger partial charge < -0.3 is 4.90 Å². The molecule has 0 aliphatic carbocycles. The van der Waals surface area contributed by atoms with Gasteiger partial charge in [-0.2, -0.15) is 9.97 Å². The summed E-state index contributed by atoms with van der Waals surface area (Å²) in [5, 5.41) is 2.27. The minimum Gasteiger partial charge on any atom is -0.310 e. The molecule has 0 atom stereocenters. The molecule has 280 valence electrons. The monoisotopic (exact) mass is 757 g/mol. The van der Waals surface area contributed by atoms with Gasteiger partial charge in [-0.25, -0.2) is 4.98 Å². The predicted molar refractivity (Wildman–Crippen MR) is 243 cm³/mol. The number of benzene rings is 8. The van der Waals surface area contributed by atoms with E-state index in [9.17, 15) is 0 Å². The molecule has 1 aliphatic rings. The molecule has 11 rings (SSSR count). The SMILES string of the molecule is CC1(C)c2ccccc2N(c2cc(-c3ccccc3)cc(-c3ccc4c5ccccc5n(-c5nc(-c6ccccc6)nc(-c6ccccc6)n5)c4c3)c2)c2ccccc21. The van der Waals surface area contributed by atoms with E-state index in [1.165, 1.54) is 22.5 Å². The third-order valence-corrected chi connectivity index (χ3v) is 11.8. The first-order valence-electron chi connectivity index (χ1n) is 20.1. The zero-order valence-corrected chi connectivity index (χ0v) is 32.8. The molecule has 10 aromatic rings. The zero-order chi connectivity index (χ0) is 39.5. The molecule has 0 spiro atoms. The normalized spacial score (nSPS) is 13.0. The second-order valence-corrected chi connectivity index (χ2v) is 15.7. The van der Waals surface area contributed by atoms with Crippen LogP contribution in [0.4, 0.5) is 17.1 Å². The summed E-state index contributed by atoms with van der Waals surface area (Å²) in [6.07, 6.45) is 0. The van der Waals surface area contributed by atoms with Crippen LogP contribution in [0.1, 0.15) is 25.0 Å². The molecular weight excluding hydrogens is 719 g/mol. The highest BCUT2D eigenvalue weighted by Gasteiger charge is 2.36. The first kappa shape index (κ1) is 34.6. The van der Waals surface area contributed by atoms with Gasteiger partial charge in [-0.1, -0.05) is 172 Å². The quantitative estimate of drug-likeness (QED) is 0.169. The van der Waals surface area contributed by atoms with Crippen molar-refractivity contribution in [3.8, 4) is 51.0 Å². The standard InChI is InChI=1S/C54H39N5/c1-54(2)45-25-13-16-28-48(45)58(49-29-17-14-26-46(49)54)42-33-40(36-18-6-3-7-19-36)32-41(34-42)39-30-31-44-43-24-12-15-27-47(43)59(50(44)35-39)53-56-51(37-20-8-4-9-21-37)55-52(57-53)38-22-10-5-11-23-38/h3-35H,1-2H3. The van der Waals surface area contributed by atoms with Crippen LogP contribution in [-0.2, 0) is 5.41 Å². The Bertz CT molecular complexity index is 3080. The molecule has 59 heavy (non-hydrogen) atoms. The average molecular weight is 758 g/mol. The van der Waals surface area contributed by atoms with E-state index in [0.717, 1.165) is 60.9 Å². The molecule has 2 aromatic heterocycles. The molecule has 0 radical (unpaired) electrons. The topological polar surface area (TPSA) is 46.8 Å². The summed E-state index contributed by atoms with van der Waals surface area (Å²) in [5.41, 5.74) is 14.4. The predicted octanol–water partition coefficient (Wildman–Crippen LogP) is 13.7. The first-order chi connectivity index (χ1) is 29.0. The van der Waals surface area contributed by atoms with Crippen molar-refractivity contribution < 1.29 is 0 Å². The van der Waals surface area contributed by atoms with E-state index in [1.807, 2.05) is 36.4 Å². The van der Waals surface area contributed by atoms with Gasteiger partial charge in [0.15, 0.2) is 11.6 Å². The summed E-state index contributed by atoms with van der Waals surface area (Å²) in [5.74, 6) is 1.83. The summed E-state index contributed by atoms with van der Waals surface area (Å²) in [7, 11) is 0.